The molecule has 2 aliphatic heterocycles. The van der Waals surface area contributed by atoms with E-state index in [1.807, 2.05) is 48.5 Å². The van der Waals surface area contributed by atoms with Gasteiger partial charge in [0, 0.05) is 12.1 Å². The van der Waals surface area contributed by atoms with Crippen LogP contribution in [0.15, 0.2) is 90.0 Å². The van der Waals surface area contributed by atoms with Crippen LogP contribution >= 0.6 is 11.6 Å². The Morgan fingerprint density at radius 2 is 1.26 bits per heavy atom. The first-order valence-corrected chi connectivity index (χ1v) is 15.2. The number of nitrogens with zero attached hydrogens (tertiary/aromatic N) is 3. The Labute approximate surface area is 252 Å². The van der Waals surface area contributed by atoms with Crippen molar-refractivity contribution in [2.75, 3.05) is 4.90 Å². The van der Waals surface area contributed by atoms with E-state index in [1.165, 1.54) is 4.90 Å². The normalized spacial score (nSPS) is 34.7. The van der Waals surface area contributed by atoms with Gasteiger partial charge < -0.3 is 0 Å². The summed E-state index contributed by atoms with van der Waals surface area (Å²) >= 11 is 6.54. The molecule has 0 radical (unpaired) electrons. The predicted octanol–water partition coefficient (Wildman–Crippen LogP) is 5.07. The van der Waals surface area contributed by atoms with Gasteiger partial charge in [-0.1, -0.05) is 84.4 Å². The van der Waals surface area contributed by atoms with Crippen LogP contribution in [0.2, 0.25) is 5.02 Å². The number of hydrogen-bond donors (Lipinski definition) is 0. The Balaban J connectivity index is 1.25. The molecule has 4 amide bonds. The zero-order valence-corrected chi connectivity index (χ0v) is 23.7. The number of allylic oxidation sites excluding steroid dienone is 2. The fraction of sp³-hybridized carbons (Fsp3) is 0.286. The van der Waals surface area contributed by atoms with Gasteiger partial charge in [-0.25, -0.2) is 4.90 Å². The molecule has 11 rings (SSSR count). The molecular formula is C35H26ClN3O4. The van der Waals surface area contributed by atoms with Crippen molar-refractivity contribution in [2.24, 2.45) is 40.6 Å². The predicted molar refractivity (Wildman–Crippen MR) is 159 cm³/mol. The maximum absolute atomic E-state index is 14.6. The minimum absolute atomic E-state index is 0.0407. The average Bonchev–Trinajstić information content (AvgIpc) is 3.47. The summed E-state index contributed by atoms with van der Waals surface area (Å²) in [6, 6.07) is 22.6. The molecule has 6 aliphatic carbocycles. The van der Waals surface area contributed by atoms with Gasteiger partial charge in [0.2, 0.25) is 11.8 Å². The molecule has 0 spiro atoms. The van der Waals surface area contributed by atoms with E-state index in [0.29, 0.717) is 10.7 Å². The Kier molecular flexibility index (Phi) is 5.04. The lowest BCUT2D eigenvalue weighted by atomic mass is 9.47. The summed E-state index contributed by atoms with van der Waals surface area (Å²) < 4.78 is 0. The van der Waals surface area contributed by atoms with Crippen LogP contribution in [0.4, 0.5) is 5.69 Å². The Morgan fingerprint density at radius 1 is 0.698 bits per heavy atom. The molecule has 3 aromatic carbocycles. The van der Waals surface area contributed by atoms with Crippen molar-refractivity contribution in [2.45, 2.75) is 24.2 Å². The molecule has 7 nitrogen and oxygen atoms in total. The van der Waals surface area contributed by atoms with Gasteiger partial charge in [0.1, 0.15) is 0 Å². The summed E-state index contributed by atoms with van der Waals surface area (Å²) in [5, 5.41) is 6.07. The number of carbonyl (C=O) groups is 4. The first-order valence-electron chi connectivity index (χ1n) is 14.9. The number of amides is 4. The van der Waals surface area contributed by atoms with E-state index in [1.54, 1.807) is 30.5 Å². The van der Waals surface area contributed by atoms with Crippen LogP contribution < -0.4 is 4.90 Å². The molecule has 43 heavy (non-hydrogen) atoms. The Bertz CT molecular complexity index is 1790. The zero-order valence-electron chi connectivity index (χ0n) is 23.0. The molecule has 0 N–H and O–H groups in total. The molecule has 6 atom stereocenters. The molecule has 8 aliphatic rings. The minimum Gasteiger partial charge on any atom is -0.274 e. The lowest BCUT2D eigenvalue weighted by Gasteiger charge is -2.52. The van der Waals surface area contributed by atoms with Gasteiger partial charge in [-0.2, -0.15) is 10.1 Å². The smallest absolute Gasteiger partial charge is 0.254 e. The van der Waals surface area contributed by atoms with E-state index < -0.39 is 29.1 Å². The summed E-state index contributed by atoms with van der Waals surface area (Å²) in [5.74, 6) is -3.82. The lowest BCUT2D eigenvalue weighted by Crippen LogP contribution is -2.55. The van der Waals surface area contributed by atoms with Crippen molar-refractivity contribution in [3.63, 3.8) is 0 Å². The summed E-state index contributed by atoms with van der Waals surface area (Å²) in [4.78, 5) is 57.6. The monoisotopic (exact) mass is 587 g/mol. The number of fused-ring (bicyclic) bond motifs is 1. The topological polar surface area (TPSA) is 87.1 Å². The standard InChI is InChI=1S/C35H26ClN3O4/c36-24-11-5-6-12-25(24)38-31(40)29-28-20-7-1-3-9-22(20)35(30(29)34(38)43,23-10-4-2-8-21(23)28)17-37-39-32(41)26-18-13-14-19(16-15-18)27(26)33(39)42/h1-14,17-19,26-30H,15-16H2/b37-17-/t18-,19-,26-,27+,28?,29+,30+,35?/m0/s1. The summed E-state index contributed by atoms with van der Waals surface area (Å²) in [5.41, 5.74) is 2.80. The van der Waals surface area contributed by atoms with Crippen LogP contribution in [0.25, 0.3) is 0 Å². The second kappa shape index (κ2) is 8.60. The summed E-state index contributed by atoms with van der Waals surface area (Å²) in [7, 11) is 0. The van der Waals surface area contributed by atoms with Crippen LogP contribution in [0.1, 0.15) is 41.0 Å². The molecule has 212 valence electrons. The number of halogens is 1. The number of para-hydroxylation sites is 1. The largest absolute Gasteiger partial charge is 0.274 e. The molecule has 4 bridgehead atoms. The number of hydrogen-bond acceptors (Lipinski definition) is 5. The van der Waals surface area contributed by atoms with E-state index in [4.69, 9.17) is 16.7 Å². The fourth-order valence-corrected chi connectivity index (χ4v) is 9.46. The number of anilines is 1. The van der Waals surface area contributed by atoms with Crippen molar-refractivity contribution in [3.05, 3.63) is 112 Å². The SMILES string of the molecule is O=C1[C@@H]2[C@H](C(=O)N1/N=C\C13c4ccccc4C(c4ccccc41)[C@H]1C(=O)N(c4ccccc4Cl)C(=O)[C@@H]13)[C@H]1C=C[C@H]2CC1. The van der Waals surface area contributed by atoms with Crippen LogP contribution in [0.3, 0.4) is 0 Å². The van der Waals surface area contributed by atoms with Gasteiger partial charge in [0.05, 0.1) is 39.8 Å². The number of hydrazone groups is 1. The number of rotatable bonds is 3. The average molecular weight is 588 g/mol. The quantitative estimate of drug-likeness (QED) is 0.243. The van der Waals surface area contributed by atoms with Gasteiger partial charge >= 0.3 is 0 Å². The second-order valence-electron chi connectivity index (χ2n) is 12.6. The van der Waals surface area contributed by atoms with Gasteiger partial charge in [-0.05, 0) is 59.1 Å². The minimum atomic E-state index is -1.18. The van der Waals surface area contributed by atoms with Crippen molar-refractivity contribution in [1.29, 1.82) is 0 Å². The van der Waals surface area contributed by atoms with Crippen molar-refractivity contribution >= 4 is 47.1 Å². The highest BCUT2D eigenvalue weighted by Crippen LogP contribution is 2.64. The maximum atomic E-state index is 14.6. The molecule has 1 saturated carbocycles. The second-order valence-corrected chi connectivity index (χ2v) is 13.0. The molecular weight excluding hydrogens is 562 g/mol. The third-order valence-electron chi connectivity index (χ3n) is 10.9. The van der Waals surface area contributed by atoms with Crippen molar-refractivity contribution in [1.82, 2.24) is 5.01 Å². The highest BCUT2D eigenvalue weighted by molar-refractivity contribution is 6.36. The van der Waals surface area contributed by atoms with E-state index in [-0.39, 0.29) is 41.4 Å². The third kappa shape index (κ3) is 2.98. The van der Waals surface area contributed by atoms with E-state index >= 15 is 0 Å². The number of benzene rings is 3. The van der Waals surface area contributed by atoms with Crippen LogP contribution in [0.5, 0.6) is 0 Å². The van der Waals surface area contributed by atoms with Gasteiger partial charge in [-0.15, -0.1) is 0 Å². The highest BCUT2D eigenvalue weighted by Gasteiger charge is 2.68. The maximum Gasteiger partial charge on any atom is 0.254 e. The summed E-state index contributed by atoms with van der Waals surface area (Å²) in [6.07, 6.45) is 7.57. The Morgan fingerprint density at radius 3 is 1.84 bits per heavy atom. The van der Waals surface area contributed by atoms with Gasteiger partial charge in [-0.3, -0.25) is 19.2 Å². The highest BCUT2D eigenvalue weighted by atomic mass is 35.5. The van der Waals surface area contributed by atoms with Crippen molar-refractivity contribution < 1.29 is 19.2 Å². The first-order chi connectivity index (χ1) is 20.9. The molecule has 3 fully saturated rings. The Hall–Kier alpha value is -4.36. The van der Waals surface area contributed by atoms with Crippen molar-refractivity contribution in [3.8, 4) is 0 Å². The molecule has 8 heteroatoms. The first kappa shape index (κ1) is 25.2. The van der Waals surface area contributed by atoms with Crippen LogP contribution in [-0.2, 0) is 24.6 Å². The van der Waals surface area contributed by atoms with Gasteiger partial charge in [0.15, 0.2) is 0 Å². The zero-order chi connectivity index (χ0) is 29.2. The van der Waals surface area contributed by atoms with Crippen LogP contribution in [0, 0.1) is 35.5 Å². The van der Waals surface area contributed by atoms with E-state index in [0.717, 1.165) is 40.1 Å². The van der Waals surface area contributed by atoms with E-state index in [2.05, 4.69) is 12.2 Å². The van der Waals surface area contributed by atoms with E-state index in [9.17, 15) is 19.2 Å². The molecule has 0 unspecified atom stereocenters. The fourth-order valence-electron chi connectivity index (χ4n) is 9.24. The molecule has 0 aromatic heterocycles. The van der Waals surface area contributed by atoms with Crippen LogP contribution in [-0.4, -0.2) is 34.9 Å². The third-order valence-corrected chi connectivity index (χ3v) is 11.2. The van der Waals surface area contributed by atoms with Gasteiger partial charge in [0.25, 0.3) is 11.8 Å². The number of imide groups is 2. The number of carbonyl (C=O) groups excluding carboxylic acids is 4. The molecule has 3 aromatic rings. The molecule has 2 saturated heterocycles. The molecule has 2 heterocycles. The lowest BCUT2D eigenvalue weighted by molar-refractivity contribution is -0.140. The summed E-state index contributed by atoms with van der Waals surface area (Å²) in [6.45, 7) is 0.